The van der Waals surface area contributed by atoms with Crippen LogP contribution in [0.15, 0.2) is 52.4 Å². The number of hydrogen-bond acceptors (Lipinski definition) is 7. The SMILES string of the molecule is CCC(=O)c1ccc(OCC(=O)OCc2cc(-c3cccs3)on2)cc1. The quantitative estimate of drug-likeness (QED) is 0.438. The molecule has 0 N–H and O–H groups in total. The first-order valence-corrected chi connectivity index (χ1v) is 8.95. The second kappa shape index (κ2) is 8.44. The lowest BCUT2D eigenvalue weighted by atomic mass is 10.1. The highest BCUT2D eigenvalue weighted by molar-refractivity contribution is 7.13. The van der Waals surface area contributed by atoms with E-state index in [0.29, 0.717) is 29.2 Å². The van der Waals surface area contributed by atoms with Crippen molar-refractivity contribution in [3.05, 3.63) is 59.1 Å². The Bertz CT molecular complexity index is 868. The molecule has 0 amide bonds. The topological polar surface area (TPSA) is 78.6 Å². The summed E-state index contributed by atoms with van der Waals surface area (Å²) in [5.41, 5.74) is 1.15. The maximum atomic E-state index is 11.8. The van der Waals surface area contributed by atoms with Crippen LogP contribution in [-0.2, 0) is 16.1 Å². The van der Waals surface area contributed by atoms with Gasteiger partial charge >= 0.3 is 5.97 Å². The lowest BCUT2D eigenvalue weighted by Crippen LogP contribution is -2.14. The summed E-state index contributed by atoms with van der Waals surface area (Å²) >= 11 is 1.54. The van der Waals surface area contributed by atoms with Crippen molar-refractivity contribution in [3.63, 3.8) is 0 Å². The maximum Gasteiger partial charge on any atom is 0.344 e. The van der Waals surface area contributed by atoms with Gasteiger partial charge in [0.05, 0.1) is 4.88 Å². The highest BCUT2D eigenvalue weighted by Crippen LogP contribution is 2.25. The summed E-state index contributed by atoms with van der Waals surface area (Å²) in [4.78, 5) is 24.3. The minimum atomic E-state index is -0.514. The Kier molecular flexibility index (Phi) is 5.80. The number of ether oxygens (including phenoxy) is 2. The van der Waals surface area contributed by atoms with Crippen LogP contribution < -0.4 is 4.74 Å². The summed E-state index contributed by atoms with van der Waals surface area (Å²) in [6.45, 7) is 1.60. The Hall–Kier alpha value is -2.93. The number of hydrogen-bond donors (Lipinski definition) is 0. The van der Waals surface area contributed by atoms with E-state index in [9.17, 15) is 9.59 Å². The zero-order valence-electron chi connectivity index (χ0n) is 14.1. The predicted molar refractivity (Wildman–Crippen MR) is 96.2 cm³/mol. The lowest BCUT2D eigenvalue weighted by molar-refractivity contribution is -0.147. The van der Waals surface area contributed by atoms with E-state index in [-0.39, 0.29) is 19.0 Å². The molecule has 0 unspecified atom stereocenters. The molecule has 3 rings (SSSR count). The van der Waals surface area contributed by atoms with Gasteiger partial charge in [0, 0.05) is 18.1 Å². The third-order valence-electron chi connectivity index (χ3n) is 3.56. The van der Waals surface area contributed by atoms with E-state index in [0.717, 1.165) is 4.88 Å². The molecule has 0 bridgehead atoms. The number of carbonyl (C=O) groups is 2. The van der Waals surface area contributed by atoms with E-state index in [4.69, 9.17) is 14.0 Å². The van der Waals surface area contributed by atoms with Crippen LogP contribution in [0, 0.1) is 0 Å². The first-order valence-electron chi connectivity index (χ1n) is 8.07. The van der Waals surface area contributed by atoms with Crippen molar-refractivity contribution in [2.45, 2.75) is 20.0 Å². The standard InChI is InChI=1S/C19H17NO5S/c1-2-16(21)13-5-7-15(8-6-13)23-12-19(22)24-11-14-10-17(25-20-14)18-4-3-9-26-18/h3-10H,2,11-12H2,1H3. The number of rotatable bonds is 8. The molecule has 0 saturated heterocycles. The van der Waals surface area contributed by atoms with Crippen LogP contribution >= 0.6 is 11.3 Å². The number of thiophene rings is 1. The van der Waals surface area contributed by atoms with Crippen LogP contribution in [0.4, 0.5) is 0 Å². The third kappa shape index (κ3) is 4.58. The minimum Gasteiger partial charge on any atom is -0.482 e. The van der Waals surface area contributed by atoms with Crippen LogP contribution in [0.25, 0.3) is 10.6 Å². The molecule has 0 aliphatic rings. The summed E-state index contributed by atoms with van der Waals surface area (Å²) in [5, 5.41) is 5.82. The highest BCUT2D eigenvalue weighted by Gasteiger charge is 2.11. The molecule has 0 atom stereocenters. The highest BCUT2D eigenvalue weighted by atomic mass is 32.1. The summed E-state index contributed by atoms with van der Waals surface area (Å²) in [5.74, 6) is 0.685. The first-order chi connectivity index (χ1) is 12.7. The van der Waals surface area contributed by atoms with Crippen molar-refractivity contribution in [1.82, 2.24) is 5.16 Å². The molecule has 0 spiro atoms. The van der Waals surface area contributed by atoms with Crippen molar-refractivity contribution in [2.75, 3.05) is 6.61 Å². The van der Waals surface area contributed by atoms with E-state index < -0.39 is 5.97 Å². The number of aromatic nitrogens is 1. The lowest BCUT2D eigenvalue weighted by Gasteiger charge is -2.06. The zero-order chi connectivity index (χ0) is 18.4. The van der Waals surface area contributed by atoms with Crippen molar-refractivity contribution in [2.24, 2.45) is 0 Å². The molecule has 6 nitrogen and oxygen atoms in total. The monoisotopic (exact) mass is 371 g/mol. The number of ketones is 1. The van der Waals surface area contributed by atoms with Gasteiger partial charge in [0.15, 0.2) is 18.2 Å². The van der Waals surface area contributed by atoms with Crippen LogP contribution in [0.3, 0.4) is 0 Å². The fourth-order valence-electron chi connectivity index (χ4n) is 2.19. The Morgan fingerprint density at radius 1 is 1.19 bits per heavy atom. The van der Waals surface area contributed by atoms with Crippen molar-refractivity contribution in [1.29, 1.82) is 0 Å². The van der Waals surface area contributed by atoms with Gasteiger partial charge in [-0.2, -0.15) is 0 Å². The van der Waals surface area contributed by atoms with E-state index in [1.807, 2.05) is 17.5 Å². The summed E-state index contributed by atoms with van der Waals surface area (Å²) in [6, 6.07) is 12.2. The number of Topliss-reactive ketones (excluding diaryl/α,β-unsaturated/α-hetero) is 1. The average Bonchev–Trinajstić information content (AvgIpc) is 3.36. The Labute approximate surface area is 154 Å². The third-order valence-corrected chi connectivity index (χ3v) is 4.44. The van der Waals surface area contributed by atoms with Crippen LogP contribution in [0.5, 0.6) is 5.75 Å². The summed E-state index contributed by atoms with van der Waals surface area (Å²) < 4.78 is 15.7. The smallest absolute Gasteiger partial charge is 0.344 e. The van der Waals surface area contributed by atoms with E-state index in [1.165, 1.54) is 0 Å². The molecule has 2 aromatic heterocycles. The molecule has 3 aromatic rings. The molecule has 2 heterocycles. The normalized spacial score (nSPS) is 10.5. The first kappa shape index (κ1) is 17.9. The van der Waals surface area contributed by atoms with Gasteiger partial charge in [-0.25, -0.2) is 4.79 Å². The largest absolute Gasteiger partial charge is 0.482 e. The molecule has 134 valence electrons. The van der Waals surface area contributed by atoms with Crippen LogP contribution in [0.2, 0.25) is 0 Å². The van der Waals surface area contributed by atoms with Crippen molar-refractivity contribution < 1.29 is 23.6 Å². The molecular formula is C19H17NO5S. The van der Waals surface area contributed by atoms with Gasteiger partial charge in [-0.05, 0) is 35.7 Å². The Morgan fingerprint density at radius 3 is 2.69 bits per heavy atom. The van der Waals surface area contributed by atoms with Gasteiger partial charge in [-0.3, -0.25) is 4.79 Å². The Balaban J connectivity index is 1.45. The van der Waals surface area contributed by atoms with Crippen LogP contribution in [0.1, 0.15) is 29.4 Å². The zero-order valence-corrected chi connectivity index (χ0v) is 15.0. The predicted octanol–water partition coefficient (Wildman–Crippen LogP) is 4.12. The van der Waals surface area contributed by atoms with Gasteiger partial charge in [0.25, 0.3) is 0 Å². The molecule has 0 aliphatic carbocycles. The van der Waals surface area contributed by atoms with Crippen molar-refractivity contribution in [3.8, 4) is 16.4 Å². The van der Waals surface area contributed by atoms with Gasteiger partial charge in [0.2, 0.25) is 0 Å². The molecule has 0 fully saturated rings. The molecule has 7 heteroatoms. The van der Waals surface area contributed by atoms with E-state index in [2.05, 4.69) is 5.16 Å². The van der Waals surface area contributed by atoms with Crippen molar-refractivity contribution >= 4 is 23.1 Å². The van der Waals surface area contributed by atoms with Gasteiger partial charge in [-0.15, -0.1) is 11.3 Å². The Morgan fingerprint density at radius 2 is 2.00 bits per heavy atom. The molecule has 0 radical (unpaired) electrons. The van der Waals surface area contributed by atoms with Crippen LogP contribution in [-0.4, -0.2) is 23.5 Å². The molecular weight excluding hydrogens is 354 g/mol. The second-order valence-corrected chi connectivity index (χ2v) is 6.36. The number of nitrogens with zero attached hydrogens (tertiary/aromatic N) is 1. The number of carbonyl (C=O) groups excluding carboxylic acids is 2. The average molecular weight is 371 g/mol. The summed E-state index contributed by atoms with van der Waals surface area (Å²) in [7, 11) is 0. The molecule has 1 aromatic carbocycles. The summed E-state index contributed by atoms with van der Waals surface area (Å²) in [6.07, 6.45) is 0.447. The van der Waals surface area contributed by atoms with Gasteiger partial charge in [-0.1, -0.05) is 18.1 Å². The molecule has 0 aliphatic heterocycles. The minimum absolute atomic E-state index is 0.0149. The number of esters is 1. The fourth-order valence-corrected chi connectivity index (χ4v) is 2.87. The van der Waals surface area contributed by atoms with E-state index >= 15 is 0 Å². The fraction of sp³-hybridized carbons (Fsp3) is 0.211. The van der Waals surface area contributed by atoms with Gasteiger partial charge in [0.1, 0.15) is 18.1 Å². The maximum absolute atomic E-state index is 11.8. The van der Waals surface area contributed by atoms with Gasteiger partial charge < -0.3 is 14.0 Å². The molecule has 0 saturated carbocycles. The molecule has 26 heavy (non-hydrogen) atoms. The number of benzene rings is 1. The second-order valence-electron chi connectivity index (χ2n) is 5.41. The van der Waals surface area contributed by atoms with E-state index in [1.54, 1.807) is 48.6 Å².